The first kappa shape index (κ1) is 13.5. The van der Waals surface area contributed by atoms with Gasteiger partial charge in [0.15, 0.2) is 0 Å². The van der Waals surface area contributed by atoms with E-state index in [2.05, 4.69) is 15.3 Å². The van der Waals surface area contributed by atoms with Crippen molar-refractivity contribution >= 4 is 38.8 Å². The molecule has 0 bridgehead atoms. The van der Waals surface area contributed by atoms with Gasteiger partial charge in [0.05, 0.1) is 17.1 Å². The van der Waals surface area contributed by atoms with E-state index in [1.807, 2.05) is 26.0 Å². The molecule has 3 rings (SSSR count). The summed E-state index contributed by atoms with van der Waals surface area (Å²) < 4.78 is 0. The Labute approximate surface area is 125 Å². The van der Waals surface area contributed by atoms with Crippen molar-refractivity contribution in [1.29, 1.82) is 0 Å². The van der Waals surface area contributed by atoms with E-state index in [0.717, 1.165) is 21.5 Å². The minimum absolute atomic E-state index is 0.231. The fraction of sp³-hybridized carbons (Fsp3) is 0.133. The van der Waals surface area contributed by atoms with Crippen LogP contribution in [0.3, 0.4) is 0 Å². The first-order chi connectivity index (χ1) is 10.1. The molecule has 0 spiro atoms. The number of anilines is 2. The van der Waals surface area contributed by atoms with Crippen LogP contribution in [0.15, 0.2) is 30.6 Å². The summed E-state index contributed by atoms with van der Waals surface area (Å²) in [6, 6.07) is 5.48. The summed E-state index contributed by atoms with van der Waals surface area (Å²) in [5, 5.41) is 3.71. The molecule has 0 aliphatic heterocycles. The number of aromatic nitrogens is 2. The number of thiophene rings is 1. The minimum atomic E-state index is -0.231. The SMILES string of the molecule is Cc1ncccc1NC(=O)c1sc2nccc(C)c2c1N. The van der Waals surface area contributed by atoms with Crippen molar-refractivity contribution in [1.82, 2.24) is 9.97 Å². The zero-order valence-electron chi connectivity index (χ0n) is 11.7. The molecule has 0 atom stereocenters. The maximum Gasteiger partial charge on any atom is 0.268 e. The van der Waals surface area contributed by atoms with Gasteiger partial charge >= 0.3 is 0 Å². The van der Waals surface area contributed by atoms with Crippen LogP contribution in [0.1, 0.15) is 20.9 Å². The third-order valence-corrected chi connectivity index (χ3v) is 4.41. The van der Waals surface area contributed by atoms with Crippen molar-refractivity contribution in [3.8, 4) is 0 Å². The maximum absolute atomic E-state index is 12.4. The molecule has 0 saturated heterocycles. The molecule has 0 aromatic carbocycles. The minimum Gasteiger partial charge on any atom is -0.397 e. The number of nitrogens with zero attached hydrogens (tertiary/aromatic N) is 2. The number of nitrogen functional groups attached to an aromatic ring is 1. The van der Waals surface area contributed by atoms with Crippen molar-refractivity contribution in [3.05, 3.63) is 46.7 Å². The van der Waals surface area contributed by atoms with Gasteiger partial charge in [-0.2, -0.15) is 0 Å². The molecule has 3 heterocycles. The molecule has 0 saturated carbocycles. The molecule has 21 heavy (non-hydrogen) atoms. The summed E-state index contributed by atoms with van der Waals surface area (Å²) in [5.74, 6) is -0.231. The summed E-state index contributed by atoms with van der Waals surface area (Å²) in [4.78, 5) is 22.1. The summed E-state index contributed by atoms with van der Waals surface area (Å²) in [6.45, 7) is 3.80. The van der Waals surface area contributed by atoms with E-state index in [-0.39, 0.29) is 5.91 Å². The van der Waals surface area contributed by atoms with Crippen LogP contribution >= 0.6 is 11.3 Å². The van der Waals surface area contributed by atoms with Crippen LogP contribution in [-0.2, 0) is 0 Å². The number of hydrogen-bond acceptors (Lipinski definition) is 5. The van der Waals surface area contributed by atoms with Crippen LogP contribution in [0.25, 0.3) is 10.2 Å². The van der Waals surface area contributed by atoms with Crippen molar-refractivity contribution < 1.29 is 4.79 Å². The summed E-state index contributed by atoms with van der Waals surface area (Å²) >= 11 is 1.30. The molecule has 0 aliphatic carbocycles. The van der Waals surface area contributed by atoms with Gasteiger partial charge in [0.2, 0.25) is 0 Å². The Morgan fingerprint density at radius 1 is 1.24 bits per heavy atom. The van der Waals surface area contributed by atoms with Crippen LogP contribution in [-0.4, -0.2) is 15.9 Å². The number of fused-ring (bicyclic) bond motifs is 1. The molecule has 5 nitrogen and oxygen atoms in total. The second kappa shape index (κ2) is 5.14. The average Bonchev–Trinajstić information content (AvgIpc) is 2.80. The number of amides is 1. The molecular weight excluding hydrogens is 284 g/mol. The monoisotopic (exact) mass is 298 g/mol. The highest BCUT2D eigenvalue weighted by Gasteiger charge is 2.18. The van der Waals surface area contributed by atoms with Gasteiger partial charge in [0.25, 0.3) is 5.91 Å². The number of aryl methyl sites for hydroxylation is 2. The third-order valence-electron chi connectivity index (χ3n) is 3.30. The van der Waals surface area contributed by atoms with Crippen LogP contribution in [0.4, 0.5) is 11.4 Å². The second-order valence-corrected chi connectivity index (χ2v) is 5.74. The highest BCUT2D eigenvalue weighted by atomic mass is 32.1. The number of nitrogens with two attached hydrogens (primary N) is 1. The molecule has 3 N–H and O–H groups in total. The van der Waals surface area contributed by atoms with Crippen LogP contribution < -0.4 is 11.1 Å². The highest BCUT2D eigenvalue weighted by Crippen LogP contribution is 2.34. The first-order valence-electron chi connectivity index (χ1n) is 6.44. The Morgan fingerprint density at radius 3 is 2.76 bits per heavy atom. The molecular formula is C15H14N4OS. The van der Waals surface area contributed by atoms with E-state index in [1.165, 1.54) is 11.3 Å². The van der Waals surface area contributed by atoms with E-state index < -0.39 is 0 Å². The van der Waals surface area contributed by atoms with E-state index in [9.17, 15) is 4.79 Å². The predicted molar refractivity (Wildman–Crippen MR) is 85.7 cm³/mol. The van der Waals surface area contributed by atoms with Crippen molar-refractivity contribution in [3.63, 3.8) is 0 Å². The number of rotatable bonds is 2. The van der Waals surface area contributed by atoms with Gasteiger partial charge in [0, 0.05) is 17.8 Å². The summed E-state index contributed by atoms with van der Waals surface area (Å²) in [6.07, 6.45) is 3.41. The quantitative estimate of drug-likeness (QED) is 0.761. The van der Waals surface area contributed by atoms with E-state index in [4.69, 9.17) is 5.73 Å². The van der Waals surface area contributed by atoms with Crippen LogP contribution in [0.5, 0.6) is 0 Å². The fourth-order valence-corrected chi connectivity index (χ4v) is 3.20. The van der Waals surface area contributed by atoms with E-state index in [1.54, 1.807) is 18.5 Å². The predicted octanol–water partition coefficient (Wildman–Crippen LogP) is 3.14. The highest BCUT2D eigenvalue weighted by molar-refractivity contribution is 7.21. The standard InChI is InChI=1S/C15H14N4OS/c1-8-5-7-18-15-11(8)12(16)13(21-15)14(20)19-10-4-3-6-17-9(10)2/h3-7H,16H2,1-2H3,(H,19,20). The molecule has 1 amide bonds. The molecule has 0 aliphatic rings. The van der Waals surface area contributed by atoms with Gasteiger partial charge in [0.1, 0.15) is 9.71 Å². The molecule has 3 aromatic rings. The number of pyridine rings is 2. The van der Waals surface area contributed by atoms with Gasteiger partial charge in [-0.15, -0.1) is 11.3 Å². The normalized spacial score (nSPS) is 10.8. The lowest BCUT2D eigenvalue weighted by molar-refractivity contribution is 0.103. The van der Waals surface area contributed by atoms with Crippen molar-refractivity contribution in [2.24, 2.45) is 0 Å². The van der Waals surface area contributed by atoms with Gasteiger partial charge in [-0.1, -0.05) is 0 Å². The van der Waals surface area contributed by atoms with E-state index >= 15 is 0 Å². The zero-order chi connectivity index (χ0) is 15.0. The molecule has 0 unspecified atom stereocenters. The smallest absolute Gasteiger partial charge is 0.268 e. The van der Waals surface area contributed by atoms with Crippen LogP contribution in [0, 0.1) is 13.8 Å². The summed E-state index contributed by atoms with van der Waals surface area (Å²) in [5.41, 5.74) is 9.08. The second-order valence-electron chi connectivity index (χ2n) is 4.74. The first-order valence-corrected chi connectivity index (χ1v) is 7.26. The Hall–Kier alpha value is -2.47. The van der Waals surface area contributed by atoms with Gasteiger partial charge in [-0.05, 0) is 37.6 Å². The Bertz CT molecular complexity index is 841. The number of nitrogens with one attached hydrogen (secondary N) is 1. The Morgan fingerprint density at radius 2 is 2.05 bits per heavy atom. The molecule has 3 aromatic heterocycles. The van der Waals surface area contributed by atoms with Gasteiger partial charge in [-0.25, -0.2) is 4.98 Å². The lowest BCUT2D eigenvalue weighted by atomic mass is 10.1. The molecule has 6 heteroatoms. The average molecular weight is 298 g/mol. The Kier molecular flexibility index (Phi) is 3.31. The van der Waals surface area contributed by atoms with Crippen molar-refractivity contribution in [2.45, 2.75) is 13.8 Å². The Balaban J connectivity index is 2.01. The number of carbonyl (C=O) groups excluding carboxylic acids is 1. The largest absolute Gasteiger partial charge is 0.397 e. The molecule has 106 valence electrons. The van der Waals surface area contributed by atoms with E-state index in [0.29, 0.717) is 16.3 Å². The summed E-state index contributed by atoms with van der Waals surface area (Å²) in [7, 11) is 0. The number of hydrogen-bond donors (Lipinski definition) is 2. The fourth-order valence-electron chi connectivity index (χ4n) is 2.17. The lowest BCUT2D eigenvalue weighted by Crippen LogP contribution is -2.13. The zero-order valence-corrected chi connectivity index (χ0v) is 12.5. The molecule has 0 fully saturated rings. The maximum atomic E-state index is 12.4. The van der Waals surface area contributed by atoms with Gasteiger partial charge in [-0.3, -0.25) is 9.78 Å². The van der Waals surface area contributed by atoms with Crippen LogP contribution in [0.2, 0.25) is 0 Å². The van der Waals surface area contributed by atoms with Gasteiger partial charge < -0.3 is 11.1 Å². The number of carbonyl (C=O) groups is 1. The lowest BCUT2D eigenvalue weighted by Gasteiger charge is -2.06. The third kappa shape index (κ3) is 2.34. The topological polar surface area (TPSA) is 80.9 Å². The van der Waals surface area contributed by atoms with Crippen molar-refractivity contribution in [2.75, 3.05) is 11.1 Å². The molecule has 0 radical (unpaired) electrons.